The molecule has 1 aliphatic heterocycles. The van der Waals surface area contributed by atoms with Gasteiger partial charge >= 0.3 is 0 Å². The van der Waals surface area contributed by atoms with Gasteiger partial charge in [0.05, 0.1) is 4.88 Å². The first-order valence-electron chi connectivity index (χ1n) is 8.81. The molecule has 0 saturated carbocycles. The van der Waals surface area contributed by atoms with Crippen molar-refractivity contribution < 1.29 is 9.59 Å². The Morgan fingerprint density at radius 2 is 2.09 bits per heavy atom. The van der Waals surface area contributed by atoms with E-state index in [1.165, 1.54) is 29.7 Å². The quantitative estimate of drug-likeness (QED) is 0.842. The molecule has 0 spiro atoms. The van der Waals surface area contributed by atoms with Crippen molar-refractivity contribution in [2.45, 2.75) is 51.9 Å². The molecule has 1 fully saturated rings. The number of aryl methyl sites for hydroxylation is 2. The summed E-state index contributed by atoms with van der Waals surface area (Å²) in [5.74, 6) is 0.589. The standard InChI is InChI=1S/C18H26N2O2S/c1-13(12-20-9-5-8-17(20)21)11-19-18(22)16-10-14-6-3-2-4-7-15(14)23-16/h10,13H,2-9,11-12H2,1H3,(H,19,22)/t13-/m0/s1. The van der Waals surface area contributed by atoms with Crippen LogP contribution in [0.4, 0.5) is 0 Å². The average Bonchev–Trinajstić information content (AvgIpc) is 3.06. The molecule has 4 nitrogen and oxygen atoms in total. The molecule has 0 aromatic carbocycles. The highest BCUT2D eigenvalue weighted by atomic mass is 32.1. The molecule has 2 amide bonds. The van der Waals surface area contributed by atoms with Crippen molar-refractivity contribution in [3.8, 4) is 0 Å². The molecule has 126 valence electrons. The number of amides is 2. The van der Waals surface area contributed by atoms with E-state index in [1.807, 2.05) is 4.90 Å². The van der Waals surface area contributed by atoms with E-state index in [0.29, 0.717) is 18.9 Å². The van der Waals surface area contributed by atoms with Gasteiger partial charge < -0.3 is 10.2 Å². The number of rotatable bonds is 5. The second kappa shape index (κ2) is 7.47. The Morgan fingerprint density at radius 3 is 2.87 bits per heavy atom. The molecule has 1 aromatic rings. The van der Waals surface area contributed by atoms with Gasteiger partial charge in [0.1, 0.15) is 0 Å². The van der Waals surface area contributed by atoms with Crippen LogP contribution in [0.3, 0.4) is 0 Å². The van der Waals surface area contributed by atoms with Crippen molar-refractivity contribution in [3.05, 3.63) is 21.4 Å². The van der Waals surface area contributed by atoms with Crippen LogP contribution in [0.25, 0.3) is 0 Å². The van der Waals surface area contributed by atoms with E-state index in [-0.39, 0.29) is 11.8 Å². The number of nitrogens with zero attached hydrogens (tertiary/aromatic N) is 1. The van der Waals surface area contributed by atoms with Gasteiger partial charge in [0.15, 0.2) is 0 Å². The lowest BCUT2D eigenvalue weighted by Gasteiger charge is -2.20. The molecule has 0 unspecified atom stereocenters. The molecule has 0 bridgehead atoms. The zero-order valence-corrected chi connectivity index (χ0v) is 14.7. The summed E-state index contributed by atoms with van der Waals surface area (Å²) in [5.41, 5.74) is 1.38. The highest BCUT2D eigenvalue weighted by molar-refractivity contribution is 7.14. The number of nitrogens with one attached hydrogen (secondary N) is 1. The first-order valence-corrected chi connectivity index (χ1v) is 9.62. The molecular weight excluding hydrogens is 308 g/mol. The number of hydrogen-bond acceptors (Lipinski definition) is 3. The number of carbonyl (C=O) groups excluding carboxylic acids is 2. The lowest BCUT2D eigenvalue weighted by atomic mass is 10.1. The Hall–Kier alpha value is -1.36. The fraction of sp³-hybridized carbons (Fsp3) is 0.667. The van der Waals surface area contributed by atoms with Gasteiger partial charge in [0, 0.05) is 30.9 Å². The zero-order chi connectivity index (χ0) is 16.2. The van der Waals surface area contributed by atoms with E-state index in [2.05, 4.69) is 18.3 Å². The second-order valence-corrected chi connectivity index (χ2v) is 8.01. The Morgan fingerprint density at radius 1 is 1.26 bits per heavy atom. The average molecular weight is 334 g/mol. The van der Waals surface area contributed by atoms with Crippen LogP contribution in [0.1, 0.15) is 59.1 Å². The maximum absolute atomic E-state index is 12.4. The summed E-state index contributed by atoms with van der Waals surface area (Å²) in [4.78, 5) is 28.2. The molecular formula is C18H26N2O2S. The fourth-order valence-electron chi connectivity index (χ4n) is 3.47. The molecule has 5 heteroatoms. The molecule has 23 heavy (non-hydrogen) atoms. The largest absolute Gasteiger partial charge is 0.351 e. The molecule has 1 aliphatic carbocycles. The minimum atomic E-state index is 0.0441. The number of hydrogen-bond donors (Lipinski definition) is 1. The Kier molecular flexibility index (Phi) is 5.36. The predicted octanol–water partition coefficient (Wildman–Crippen LogP) is 3.01. The van der Waals surface area contributed by atoms with Crippen LogP contribution >= 0.6 is 11.3 Å². The highest BCUT2D eigenvalue weighted by Gasteiger charge is 2.22. The van der Waals surface area contributed by atoms with Crippen LogP contribution in [0.2, 0.25) is 0 Å². The molecule has 2 heterocycles. The Bertz CT molecular complexity index is 558. The zero-order valence-electron chi connectivity index (χ0n) is 13.9. The monoisotopic (exact) mass is 334 g/mol. The number of carbonyl (C=O) groups is 2. The first kappa shape index (κ1) is 16.5. The summed E-state index contributed by atoms with van der Waals surface area (Å²) in [6, 6.07) is 2.09. The predicted molar refractivity (Wildman–Crippen MR) is 92.9 cm³/mol. The summed E-state index contributed by atoms with van der Waals surface area (Å²) in [5, 5.41) is 3.05. The van der Waals surface area contributed by atoms with Crippen molar-refractivity contribution in [1.82, 2.24) is 10.2 Å². The minimum absolute atomic E-state index is 0.0441. The fourth-order valence-corrected chi connectivity index (χ4v) is 4.64. The van der Waals surface area contributed by atoms with Gasteiger partial charge in [0.2, 0.25) is 5.91 Å². The number of thiophene rings is 1. The lowest BCUT2D eigenvalue weighted by Crippen LogP contribution is -2.35. The lowest BCUT2D eigenvalue weighted by molar-refractivity contribution is -0.128. The van der Waals surface area contributed by atoms with Gasteiger partial charge in [-0.05, 0) is 49.7 Å². The topological polar surface area (TPSA) is 49.4 Å². The van der Waals surface area contributed by atoms with E-state index in [0.717, 1.165) is 37.2 Å². The molecule has 1 N–H and O–H groups in total. The van der Waals surface area contributed by atoms with Gasteiger partial charge in [-0.15, -0.1) is 11.3 Å². The van der Waals surface area contributed by atoms with Gasteiger partial charge in [0.25, 0.3) is 5.91 Å². The summed E-state index contributed by atoms with van der Waals surface area (Å²) in [6.45, 7) is 4.34. The minimum Gasteiger partial charge on any atom is -0.351 e. The van der Waals surface area contributed by atoms with Crippen molar-refractivity contribution in [1.29, 1.82) is 0 Å². The third kappa shape index (κ3) is 4.14. The summed E-state index contributed by atoms with van der Waals surface area (Å²) in [7, 11) is 0. The van der Waals surface area contributed by atoms with E-state index < -0.39 is 0 Å². The van der Waals surface area contributed by atoms with Crippen molar-refractivity contribution >= 4 is 23.2 Å². The third-order valence-corrected chi connectivity index (χ3v) is 6.02. The van der Waals surface area contributed by atoms with Gasteiger partial charge in [-0.2, -0.15) is 0 Å². The molecule has 2 aliphatic rings. The molecule has 1 aromatic heterocycles. The smallest absolute Gasteiger partial charge is 0.261 e. The van der Waals surface area contributed by atoms with Crippen molar-refractivity contribution in [3.63, 3.8) is 0 Å². The maximum atomic E-state index is 12.4. The maximum Gasteiger partial charge on any atom is 0.261 e. The van der Waals surface area contributed by atoms with Crippen molar-refractivity contribution in [2.75, 3.05) is 19.6 Å². The summed E-state index contributed by atoms with van der Waals surface area (Å²) in [6.07, 6.45) is 7.68. The summed E-state index contributed by atoms with van der Waals surface area (Å²) < 4.78 is 0. The van der Waals surface area contributed by atoms with Crippen LogP contribution in [0, 0.1) is 5.92 Å². The number of fused-ring (bicyclic) bond motifs is 1. The van der Waals surface area contributed by atoms with Crippen LogP contribution in [-0.2, 0) is 17.6 Å². The van der Waals surface area contributed by atoms with E-state index in [1.54, 1.807) is 11.3 Å². The molecule has 3 rings (SSSR count). The molecule has 0 radical (unpaired) electrons. The van der Waals surface area contributed by atoms with E-state index >= 15 is 0 Å². The third-order valence-electron chi connectivity index (χ3n) is 4.78. The van der Waals surface area contributed by atoms with Gasteiger partial charge in [-0.25, -0.2) is 0 Å². The van der Waals surface area contributed by atoms with Crippen LogP contribution in [0.15, 0.2) is 6.07 Å². The van der Waals surface area contributed by atoms with Crippen LogP contribution in [-0.4, -0.2) is 36.3 Å². The Labute approximate surface area is 142 Å². The SMILES string of the molecule is C[C@@H](CNC(=O)c1cc2c(s1)CCCCC2)CN1CCCC1=O. The van der Waals surface area contributed by atoms with Crippen molar-refractivity contribution in [2.24, 2.45) is 5.92 Å². The van der Waals surface area contributed by atoms with Crippen LogP contribution < -0.4 is 5.32 Å². The number of likely N-dealkylation sites (tertiary alicyclic amines) is 1. The van der Waals surface area contributed by atoms with E-state index in [9.17, 15) is 9.59 Å². The van der Waals surface area contributed by atoms with E-state index in [4.69, 9.17) is 0 Å². The Balaban J connectivity index is 1.50. The van der Waals surface area contributed by atoms with Gasteiger partial charge in [-0.1, -0.05) is 13.3 Å². The highest BCUT2D eigenvalue weighted by Crippen LogP contribution is 2.28. The molecule has 1 atom stereocenters. The molecule has 1 saturated heterocycles. The van der Waals surface area contributed by atoms with Gasteiger partial charge in [-0.3, -0.25) is 9.59 Å². The first-order chi connectivity index (χ1) is 11.1. The second-order valence-electron chi connectivity index (χ2n) is 6.88. The van der Waals surface area contributed by atoms with Crippen LogP contribution in [0.5, 0.6) is 0 Å². The normalized spacial score (nSPS) is 19.3. The summed E-state index contributed by atoms with van der Waals surface area (Å²) >= 11 is 1.67.